The highest BCUT2D eigenvalue weighted by Crippen LogP contribution is 2.20. The first-order valence-corrected chi connectivity index (χ1v) is 9.40. The lowest BCUT2D eigenvalue weighted by Gasteiger charge is -2.20. The second-order valence-electron chi connectivity index (χ2n) is 6.60. The Morgan fingerprint density at radius 3 is 2.33 bits per heavy atom. The fraction of sp³-hybridized carbons (Fsp3) is 0.125. The van der Waals surface area contributed by atoms with Crippen LogP contribution in [0.3, 0.4) is 0 Å². The molecular weight excluding hydrogens is 380 g/mol. The summed E-state index contributed by atoms with van der Waals surface area (Å²) in [5.74, 6) is -0.985. The third-order valence-corrected chi connectivity index (χ3v) is 4.41. The van der Waals surface area contributed by atoms with Gasteiger partial charge in [-0.3, -0.25) is 9.59 Å². The normalized spacial score (nSPS) is 11.2. The highest BCUT2D eigenvalue weighted by molar-refractivity contribution is 5.94. The summed E-state index contributed by atoms with van der Waals surface area (Å²) < 4.78 is 5.75. The molecule has 0 aliphatic rings. The van der Waals surface area contributed by atoms with Gasteiger partial charge in [-0.25, -0.2) is 0 Å². The minimum absolute atomic E-state index is 0.0833. The first-order valence-electron chi connectivity index (χ1n) is 9.40. The lowest BCUT2D eigenvalue weighted by molar-refractivity contribution is -0.137. The minimum atomic E-state index is -0.990. The summed E-state index contributed by atoms with van der Waals surface area (Å²) in [5.41, 5.74) is 2.88. The molecule has 0 aromatic heterocycles. The molecule has 30 heavy (non-hydrogen) atoms. The second-order valence-corrected chi connectivity index (χ2v) is 6.60. The van der Waals surface area contributed by atoms with Crippen LogP contribution in [-0.4, -0.2) is 23.2 Å². The van der Waals surface area contributed by atoms with Crippen molar-refractivity contribution in [2.75, 3.05) is 0 Å². The van der Waals surface area contributed by atoms with Crippen LogP contribution in [0.1, 0.15) is 28.8 Å². The predicted octanol–water partition coefficient (Wildman–Crippen LogP) is 4.22. The molecule has 0 bridgehead atoms. The molecule has 3 rings (SSSR count). The number of carbonyl (C=O) groups is 2. The summed E-state index contributed by atoms with van der Waals surface area (Å²) in [7, 11) is 0. The molecule has 2 N–H and O–H groups in total. The molecule has 0 saturated heterocycles. The van der Waals surface area contributed by atoms with E-state index in [9.17, 15) is 9.59 Å². The van der Waals surface area contributed by atoms with E-state index in [0.717, 1.165) is 11.1 Å². The molecule has 0 saturated carbocycles. The van der Waals surface area contributed by atoms with Crippen molar-refractivity contribution in [2.45, 2.75) is 19.1 Å². The van der Waals surface area contributed by atoms with Gasteiger partial charge in [-0.05, 0) is 41.5 Å². The molecule has 3 aromatic rings. The number of rotatable bonds is 8. The van der Waals surface area contributed by atoms with Crippen molar-refractivity contribution in [2.24, 2.45) is 0 Å². The number of benzene rings is 3. The van der Waals surface area contributed by atoms with Crippen LogP contribution in [-0.2, 0) is 4.79 Å². The third-order valence-electron chi connectivity index (χ3n) is 4.41. The van der Waals surface area contributed by atoms with Crippen molar-refractivity contribution in [3.8, 4) is 22.9 Å². The number of aliphatic carboxylic acids is 1. The number of hydrogen-bond acceptors (Lipinski definition) is 4. The average Bonchev–Trinajstić information content (AvgIpc) is 2.78. The average molecular weight is 400 g/mol. The number of nitrogens with zero attached hydrogens (tertiary/aromatic N) is 1. The van der Waals surface area contributed by atoms with Gasteiger partial charge in [-0.2, -0.15) is 5.26 Å². The molecule has 0 radical (unpaired) electrons. The standard InChI is InChI=1S/C24H20N2O4/c25-16-17-5-4-8-21(15-17)30-22(13-14-23(27)28)26-24(29)20-11-9-19(10-12-20)18-6-2-1-3-7-18/h1-12,15,22H,13-14H2,(H,26,29)(H,27,28). The summed E-state index contributed by atoms with van der Waals surface area (Å²) in [4.78, 5) is 23.6. The maximum Gasteiger partial charge on any atom is 0.303 e. The van der Waals surface area contributed by atoms with Gasteiger partial charge in [-0.15, -0.1) is 0 Å². The van der Waals surface area contributed by atoms with Crippen molar-refractivity contribution in [1.29, 1.82) is 5.26 Å². The van der Waals surface area contributed by atoms with Crippen LogP contribution in [0.15, 0.2) is 78.9 Å². The van der Waals surface area contributed by atoms with Gasteiger partial charge in [0.05, 0.1) is 18.1 Å². The molecule has 0 aliphatic heterocycles. The molecule has 0 heterocycles. The lowest BCUT2D eigenvalue weighted by Crippen LogP contribution is -2.39. The van der Waals surface area contributed by atoms with Gasteiger partial charge in [0.15, 0.2) is 6.23 Å². The number of carbonyl (C=O) groups excluding carboxylic acids is 1. The van der Waals surface area contributed by atoms with E-state index in [0.29, 0.717) is 16.9 Å². The van der Waals surface area contributed by atoms with Crippen LogP contribution in [0.4, 0.5) is 0 Å². The highest BCUT2D eigenvalue weighted by atomic mass is 16.5. The monoisotopic (exact) mass is 400 g/mol. The quantitative estimate of drug-likeness (QED) is 0.552. The molecule has 150 valence electrons. The first kappa shape index (κ1) is 20.6. The summed E-state index contributed by atoms with van der Waals surface area (Å²) in [6.45, 7) is 0. The zero-order valence-corrected chi connectivity index (χ0v) is 16.1. The number of nitriles is 1. The van der Waals surface area contributed by atoms with Crippen LogP contribution in [0, 0.1) is 11.3 Å². The minimum Gasteiger partial charge on any atom is -0.481 e. The smallest absolute Gasteiger partial charge is 0.303 e. The van der Waals surface area contributed by atoms with E-state index in [1.165, 1.54) is 6.07 Å². The molecule has 0 fully saturated rings. The SMILES string of the molecule is N#Cc1cccc(OC(CCC(=O)O)NC(=O)c2ccc(-c3ccccc3)cc2)c1. The van der Waals surface area contributed by atoms with Crippen molar-refractivity contribution < 1.29 is 19.4 Å². The molecule has 1 unspecified atom stereocenters. The van der Waals surface area contributed by atoms with E-state index < -0.39 is 12.2 Å². The summed E-state index contributed by atoms with van der Waals surface area (Å²) in [6.07, 6.45) is -0.938. The summed E-state index contributed by atoms with van der Waals surface area (Å²) >= 11 is 0. The lowest BCUT2D eigenvalue weighted by atomic mass is 10.0. The number of hydrogen-bond donors (Lipinski definition) is 2. The molecule has 1 atom stereocenters. The van der Waals surface area contributed by atoms with Gasteiger partial charge in [-0.1, -0.05) is 48.5 Å². The Balaban J connectivity index is 1.72. The Morgan fingerprint density at radius 2 is 1.67 bits per heavy atom. The van der Waals surface area contributed by atoms with Crippen molar-refractivity contribution in [1.82, 2.24) is 5.32 Å². The fourth-order valence-electron chi connectivity index (χ4n) is 2.89. The number of amides is 1. The Bertz CT molecular complexity index is 1060. The molecule has 1 amide bonds. The first-order chi connectivity index (χ1) is 14.5. The molecule has 6 nitrogen and oxygen atoms in total. The third kappa shape index (κ3) is 5.69. The predicted molar refractivity (Wildman–Crippen MR) is 112 cm³/mol. The Morgan fingerprint density at radius 1 is 0.967 bits per heavy atom. The van der Waals surface area contributed by atoms with E-state index in [1.807, 2.05) is 48.5 Å². The second kappa shape index (κ2) is 9.89. The topological polar surface area (TPSA) is 99.4 Å². The molecule has 3 aromatic carbocycles. The van der Waals surface area contributed by atoms with Gasteiger partial charge in [0.2, 0.25) is 0 Å². The van der Waals surface area contributed by atoms with Gasteiger partial charge in [0.1, 0.15) is 5.75 Å². The Kier molecular flexibility index (Phi) is 6.80. The van der Waals surface area contributed by atoms with E-state index >= 15 is 0 Å². The number of carboxylic acid groups (broad SMARTS) is 1. The van der Waals surface area contributed by atoms with Crippen LogP contribution in [0.2, 0.25) is 0 Å². The van der Waals surface area contributed by atoms with Gasteiger partial charge >= 0.3 is 5.97 Å². The van der Waals surface area contributed by atoms with Crippen LogP contribution in [0.25, 0.3) is 11.1 Å². The van der Waals surface area contributed by atoms with E-state index in [2.05, 4.69) is 5.32 Å². The maximum absolute atomic E-state index is 12.7. The maximum atomic E-state index is 12.7. The van der Waals surface area contributed by atoms with Crippen LogP contribution >= 0.6 is 0 Å². The van der Waals surface area contributed by atoms with Crippen molar-refractivity contribution in [3.63, 3.8) is 0 Å². The largest absolute Gasteiger partial charge is 0.481 e. The summed E-state index contributed by atoms with van der Waals surface area (Å²) in [6, 6.07) is 25.4. The van der Waals surface area contributed by atoms with E-state index in [1.54, 1.807) is 30.3 Å². The number of nitrogens with one attached hydrogen (secondary N) is 1. The fourth-order valence-corrected chi connectivity index (χ4v) is 2.89. The van der Waals surface area contributed by atoms with Gasteiger partial charge in [0, 0.05) is 12.0 Å². The number of carboxylic acids is 1. The number of ether oxygens (including phenoxy) is 1. The van der Waals surface area contributed by atoms with E-state index in [-0.39, 0.29) is 18.7 Å². The van der Waals surface area contributed by atoms with Gasteiger partial charge in [0.25, 0.3) is 5.91 Å². The van der Waals surface area contributed by atoms with Crippen LogP contribution < -0.4 is 10.1 Å². The molecule has 6 heteroatoms. The van der Waals surface area contributed by atoms with Crippen molar-refractivity contribution >= 4 is 11.9 Å². The Labute approximate surface area is 174 Å². The van der Waals surface area contributed by atoms with Gasteiger partial charge < -0.3 is 15.2 Å². The van der Waals surface area contributed by atoms with E-state index in [4.69, 9.17) is 15.1 Å². The van der Waals surface area contributed by atoms with Crippen molar-refractivity contribution in [3.05, 3.63) is 90.0 Å². The highest BCUT2D eigenvalue weighted by Gasteiger charge is 2.17. The molecule has 0 aliphatic carbocycles. The summed E-state index contributed by atoms with van der Waals surface area (Å²) in [5, 5.41) is 20.7. The Hall–Kier alpha value is -4.11. The van der Waals surface area contributed by atoms with Crippen LogP contribution in [0.5, 0.6) is 5.75 Å². The zero-order valence-electron chi connectivity index (χ0n) is 16.1. The molecule has 0 spiro atoms. The molecular formula is C24H20N2O4. The zero-order chi connectivity index (χ0) is 21.3.